The van der Waals surface area contributed by atoms with Crippen LogP contribution in [0.15, 0.2) is 24.3 Å². The maximum atomic E-state index is 6.06. The van der Waals surface area contributed by atoms with Crippen molar-refractivity contribution in [2.24, 2.45) is 5.73 Å². The molecule has 0 aliphatic carbocycles. The van der Waals surface area contributed by atoms with E-state index in [1.165, 1.54) is 11.1 Å². The minimum atomic E-state index is 0.200. The highest BCUT2D eigenvalue weighted by Gasteiger charge is 2.05. The van der Waals surface area contributed by atoms with Gasteiger partial charge in [-0.25, -0.2) is 0 Å². The molecule has 0 aliphatic rings. The SMILES string of the molecule is CCOCCC(N)Cc1ccc(C(C)C)cc1. The number of benzene rings is 1. The average molecular weight is 235 g/mol. The van der Waals surface area contributed by atoms with Gasteiger partial charge in [0.2, 0.25) is 0 Å². The first-order chi connectivity index (χ1) is 8.13. The van der Waals surface area contributed by atoms with Crippen molar-refractivity contribution < 1.29 is 4.74 Å². The molecule has 0 radical (unpaired) electrons. The van der Waals surface area contributed by atoms with Crippen LogP contribution in [0, 0.1) is 0 Å². The predicted octanol–water partition coefficient (Wildman–Crippen LogP) is 3.11. The summed E-state index contributed by atoms with van der Waals surface area (Å²) in [5.41, 5.74) is 8.77. The average Bonchev–Trinajstić information content (AvgIpc) is 2.30. The highest BCUT2D eigenvalue weighted by atomic mass is 16.5. The molecule has 1 aromatic rings. The van der Waals surface area contributed by atoms with Crippen LogP contribution in [0.3, 0.4) is 0 Å². The number of rotatable bonds is 7. The van der Waals surface area contributed by atoms with Gasteiger partial charge in [-0.3, -0.25) is 0 Å². The highest BCUT2D eigenvalue weighted by Crippen LogP contribution is 2.15. The van der Waals surface area contributed by atoms with Crippen LogP contribution in [0.5, 0.6) is 0 Å². The molecular formula is C15H25NO. The van der Waals surface area contributed by atoms with E-state index < -0.39 is 0 Å². The Kier molecular flexibility index (Phi) is 6.23. The monoisotopic (exact) mass is 235 g/mol. The lowest BCUT2D eigenvalue weighted by Crippen LogP contribution is -2.24. The van der Waals surface area contributed by atoms with Crippen molar-refractivity contribution >= 4 is 0 Å². The maximum absolute atomic E-state index is 6.06. The second-order valence-electron chi connectivity index (χ2n) is 4.85. The Morgan fingerprint density at radius 1 is 1.18 bits per heavy atom. The van der Waals surface area contributed by atoms with Gasteiger partial charge in [-0.1, -0.05) is 38.1 Å². The molecule has 96 valence electrons. The quantitative estimate of drug-likeness (QED) is 0.737. The van der Waals surface area contributed by atoms with Crippen molar-refractivity contribution in [2.45, 2.75) is 45.6 Å². The lowest BCUT2D eigenvalue weighted by Gasteiger charge is -2.12. The van der Waals surface area contributed by atoms with Gasteiger partial charge >= 0.3 is 0 Å². The van der Waals surface area contributed by atoms with Gasteiger partial charge in [0.05, 0.1) is 0 Å². The smallest absolute Gasteiger partial charge is 0.0480 e. The zero-order valence-corrected chi connectivity index (χ0v) is 11.3. The maximum Gasteiger partial charge on any atom is 0.0480 e. The molecule has 2 nitrogen and oxygen atoms in total. The van der Waals surface area contributed by atoms with Crippen LogP contribution in [0.4, 0.5) is 0 Å². The van der Waals surface area contributed by atoms with E-state index in [0.29, 0.717) is 5.92 Å². The van der Waals surface area contributed by atoms with Gasteiger partial charge < -0.3 is 10.5 Å². The minimum absolute atomic E-state index is 0.200. The van der Waals surface area contributed by atoms with Crippen LogP contribution >= 0.6 is 0 Å². The summed E-state index contributed by atoms with van der Waals surface area (Å²) in [4.78, 5) is 0. The van der Waals surface area contributed by atoms with Crippen molar-refractivity contribution in [1.82, 2.24) is 0 Å². The Bertz CT molecular complexity index is 305. The standard InChI is InChI=1S/C15H25NO/c1-4-17-10-9-15(16)11-13-5-7-14(8-6-13)12(2)3/h5-8,12,15H,4,9-11,16H2,1-3H3. The van der Waals surface area contributed by atoms with E-state index in [4.69, 9.17) is 10.5 Å². The molecule has 2 heteroatoms. The summed E-state index contributed by atoms with van der Waals surface area (Å²) >= 11 is 0. The second-order valence-corrected chi connectivity index (χ2v) is 4.85. The molecule has 0 amide bonds. The lowest BCUT2D eigenvalue weighted by atomic mass is 9.98. The van der Waals surface area contributed by atoms with Crippen LogP contribution in [-0.2, 0) is 11.2 Å². The van der Waals surface area contributed by atoms with E-state index in [0.717, 1.165) is 26.1 Å². The summed E-state index contributed by atoms with van der Waals surface area (Å²) in [5.74, 6) is 0.593. The van der Waals surface area contributed by atoms with Crippen LogP contribution in [0.2, 0.25) is 0 Å². The summed E-state index contributed by atoms with van der Waals surface area (Å²) in [6, 6.07) is 8.99. The number of nitrogens with two attached hydrogens (primary N) is 1. The summed E-state index contributed by atoms with van der Waals surface area (Å²) < 4.78 is 5.31. The van der Waals surface area contributed by atoms with E-state index >= 15 is 0 Å². The van der Waals surface area contributed by atoms with E-state index in [-0.39, 0.29) is 6.04 Å². The summed E-state index contributed by atoms with van der Waals surface area (Å²) in [6.45, 7) is 7.97. The molecule has 0 saturated carbocycles. The van der Waals surface area contributed by atoms with Crippen LogP contribution in [-0.4, -0.2) is 19.3 Å². The summed E-state index contributed by atoms with van der Waals surface area (Å²) in [6.07, 6.45) is 1.87. The number of hydrogen-bond acceptors (Lipinski definition) is 2. The molecule has 0 saturated heterocycles. The Morgan fingerprint density at radius 2 is 1.82 bits per heavy atom. The van der Waals surface area contributed by atoms with Crippen molar-refractivity contribution in [3.05, 3.63) is 35.4 Å². The fourth-order valence-electron chi connectivity index (χ4n) is 1.82. The van der Waals surface area contributed by atoms with Crippen LogP contribution < -0.4 is 5.73 Å². The topological polar surface area (TPSA) is 35.2 Å². The van der Waals surface area contributed by atoms with Gasteiger partial charge in [0.15, 0.2) is 0 Å². The Labute approximate surface area is 105 Å². The summed E-state index contributed by atoms with van der Waals surface area (Å²) in [7, 11) is 0. The van der Waals surface area contributed by atoms with Crippen molar-refractivity contribution in [3.63, 3.8) is 0 Å². The van der Waals surface area contributed by atoms with E-state index in [2.05, 4.69) is 38.1 Å². The fraction of sp³-hybridized carbons (Fsp3) is 0.600. The van der Waals surface area contributed by atoms with Crippen molar-refractivity contribution in [1.29, 1.82) is 0 Å². The molecule has 2 N–H and O–H groups in total. The molecule has 0 fully saturated rings. The lowest BCUT2D eigenvalue weighted by molar-refractivity contribution is 0.140. The van der Waals surface area contributed by atoms with Gasteiger partial charge in [-0.05, 0) is 36.8 Å². The Balaban J connectivity index is 2.40. The molecule has 0 aromatic heterocycles. The highest BCUT2D eigenvalue weighted by molar-refractivity contribution is 5.25. The third-order valence-electron chi connectivity index (χ3n) is 2.98. The van der Waals surface area contributed by atoms with Crippen LogP contribution in [0.1, 0.15) is 44.2 Å². The van der Waals surface area contributed by atoms with Gasteiger partial charge in [0, 0.05) is 19.3 Å². The number of hydrogen-bond donors (Lipinski definition) is 1. The molecule has 1 aromatic carbocycles. The number of ether oxygens (including phenoxy) is 1. The van der Waals surface area contributed by atoms with E-state index in [9.17, 15) is 0 Å². The van der Waals surface area contributed by atoms with Gasteiger partial charge in [-0.15, -0.1) is 0 Å². The largest absolute Gasteiger partial charge is 0.382 e. The molecule has 1 atom stereocenters. The predicted molar refractivity (Wildman–Crippen MR) is 73.3 cm³/mol. The zero-order chi connectivity index (χ0) is 12.7. The van der Waals surface area contributed by atoms with Crippen LogP contribution in [0.25, 0.3) is 0 Å². The zero-order valence-electron chi connectivity index (χ0n) is 11.3. The van der Waals surface area contributed by atoms with Crippen molar-refractivity contribution in [2.75, 3.05) is 13.2 Å². The molecule has 1 rings (SSSR count). The third kappa shape index (κ3) is 5.33. The fourth-order valence-corrected chi connectivity index (χ4v) is 1.82. The molecule has 1 unspecified atom stereocenters. The molecule has 0 bridgehead atoms. The molecule has 0 spiro atoms. The first-order valence-corrected chi connectivity index (χ1v) is 6.55. The third-order valence-corrected chi connectivity index (χ3v) is 2.98. The van der Waals surface area contributed by atoms with E-state index in [1.54, 1.807) is 0 Å². The minimum Gasteiger partial charge on any atom is -0.382 e. The van der Waals surface area contributed by atoms with Gasteiger partial charge in [0.1, 0.15) is 0 Å². The Hall–Kier alpha value is -0.860. The molecular weight excluding hydrogens is 210 g/mol. The molecule has 0 aliphatic heterocycles. The van der Waals surface area contributed by atoms with E-state index in [1.807, 2.05) is 6.92 Å². The first-order valence-electron chi connectivity index (χ1n) is 6.55. The summed E-state index contributed by atoms with van der Waals surface area (Å²) in [5, 5.41) is 0. The Morgan fingerprint density at radius 3 is 2.35 bits per heavy atom. The molecule has 0 heterocycles. The second kappa shape index (κ2) is 7.46. The molecule has 17 heavy (non-hydrogen) atoms. The first kappa shape index (κ1) is 14.2. The normalized spacial score (nSPS) is 13.0. The van der Waals surface area contributed by atoms with Gasteiger partial charge in [0.25, 0.3) is 0 Å². The van der Waals surface area contributed by atoms with Crippen molar-refractivity contribution in [3.8, 4) is 0 Å². The van der Waals surface area contributed by atoms with Gasteiger partial charge in [-0.2, -0.15) is 0 Å².